The van der Waals surface area contributed by atoms with Crippen LogP contribution in [0.5, 0.6) is 0 Å². The van der Waals surface area contributed by atoms with E-state index >= 15 is 0 Å². The third-order valence-electron chi connectivity index (χ3n) is 7.49. The first-order chi connectivity index (χ1) is 20.0. The normalized spacial score (nSPS) is 11.7. The van der Waals surface area contributed by atoms with Crippen LogP contribution in [0.2, 0.25) is 0 Å². The molecule has 4 nitrogen and oxygen atoms in total. The summed E-state index contributed by atoms with van der Waals surface area (Å²) in [5.74, 6) is 0. The van der Waals surface area contributed by atoms with Gasteiger partial charge in [-0.2, -0.15) is 0 Å². The summed E-state index contributed by atoms with van der Waals surface area (Å²) in [6.45, 7) is 4.53. The highest BCUT2D eigenvalue weighted by atomic mass is 32.2. The van der Waals surface area contributed by atoms with Crippen LogP contribution in [0.1, 0.15) is 11.3 Å². The monoisotopic (exact) mass is 550 g/mol. The molecule has 0 amide bonds. The molecule has 198 valence electrons. The van der Waals surface area contributed by atoms with Crippen molar-refractivity contribution in [3.63, 3.8) is 0 Å². The lowest BCUT2D eigenvalue weighted by Gasteiger charge is -2.15. The van der Waals surface area contributed by atoms with Crippen LogP contribution in [-0.4, -0.2) is 17.0 Å². The number of hydrogen-bond acceptors (Lipinski definition) is 2. The van der Waals surface area contributed by atoms with Crippen LogP contribution >= 0.6 is 0 Å². The second-order valence-corrected chi connectivity index (χ2v) is 11.8. The van der Waals surface area contributed by atoms with Gasteiger partial charge in [-0.05, 0) is 71.3 Å². The fourth-order valence-corrected chi connectivity index (χ4v) is 7.09. The first kappa shape index (κ1) is 24.9. The SMILES string of the molecule is C=C(c1cccc(-c2cc3ccccc3n2S(=O)(=O)c2ccccc2)c1)c1cc2ccccc2n1-c1ccccc1. The van der Waals surface area contributed by atoms with E-state index in [4.69, 9.17) is 0 Å². The Kier molecular flexibility index (Phi) is 5.95. The van der Waals surface area contributed by atoms with E-state index in [-0.39, 0.29) is 4.90 Å². The van der Waals surface area contributed by atoms with Gasteiger partial charge in [0.05, 0.1) is 27.3 Å². The Balaban J connectivity index is 1.40. The van der Waals surface area contributed by atoms with Gasteiger partial charge in [0, 0.05) is 16.5 Å². The summed E-state index contributed by atoms with van der Waals surface area (Å²) in [6, 6.07) is 46.8. The number of rotatable bonds is 6. The maximum atomic E-state index is 14.0. The van der Waals surface area contributed by atoms with Crippen molar-refractivity contribution in [2.24, 2.45) is 0 Å². The van der Waals surface area contributed by atoms with Crippen LogP contribution in [0.15, 0.2) is 157 Å². The van der Waals surface area contributed by atoms with Crippen LogP contribution in [0.25, 0.3) is 44.3 Å². The van der Waals surface area contributed by atoms with Gasteiger partial charge in [0.25, 0.3) is 10.0 Å². The van der Waals surface area contributed by atoms with Crippen LogP contribution in [-0.2, 0) is 10.0 Å². The molecule has 7 aromatic rings. The summed E-state index contributed by atoms with van der Waals surface area (Å²) in [4.78, 5) is 0.246. The molecule has 0 radical (unpaired) electrons. The molecule has 0 atom stereocenters. The van der Waals surface area contributed by atoms with Crippen LogP contribution in [0.3, 0.4) is 0 Å². The van der Waals surface area contributed by atoms with Gasteiger partial charge in [0.1, 0.15) is 0 Å². The molecule has 0 aliphatic heterocycles. The molecule has 5 aromatic carbocycles. The molecule has 0 N–H and O–H groups in total. The number of nitrogens with zero attached hydrogens (tertiary/aromatic N) is 2. The average Bonchev–Trinajstić information content (AvgIpc) is 3.61. The van der Waals surface area contributed by atoms with E-state index in [9.17, 15) is 8.42 Å². The first-order valence-corrected chi connectivity index (χ1v) is 14.8. The molecule has 0 unspecified atom stereocenters. The van der Waals surface area contributed by atoms with Crippen molar-refractivity contribution >= 4 is 37.4 Å². The summed E-state index contributed by atoms with van der Waals surface area (Å²) in [7, 11) is -3.86. The molecule has 0 aliphatic carbocycles. The second kappa shape index (κ2) is 9.81. The molecule has 2 aromatic heterocycles. The minimum atomic E-state index is -3.86. The zero-order valence-electron chi connectivity index (χ0n) is 22.2. The number of fused-ring (bicyclic) bond motifs is 2. The molecule has 0 aliphatic rings. The largest absolute Gasteiger partial charge is 0.309 e. The molecule has 7 rings (SSSR count). The molecule has 0 saturated heterocycles. The lowest BCUT2D eigenvalue weighted by atomic mass is 10.0. The highest BCUT2D eigenvalue weighted by Gasteiger charge is 2.24. The third-order valence-corrected chi connectivity index (χ3v) is 9.23. The van der Waals surface area contributed by atoms with Gasteiger partial charge < -0.3 is 4.57 Å². The van der Waals surface area contributed by atoms with Crippen molar-refractivity contribution in [2.75, 3.05) is 0 Å². The summed E-state index contributed by atoms with van der Waals surface area (Å²) >= 11 is 0. The summed E-state index contributed by atoms with van der Waals surface area (Å²) < 4.78 is 31.7. The molecule has 2 heterocycles. The van der Waals surface area contributed by atoms with E-state index in [0.717, 1.165) is 44.4 Å². The Labute approximate surface area is 239 Å². The molecular weight excluding hydrogens is 524 g/mol. The smallest absolute Gasteiger partial charge is 0.268 e. The Bertz CT molecular complexity index is 2170. The zero-order chi connectivity index (χ0) is 28.0. The van der Waals surface area contributed by atoms with Crippen molar-refractivity contribution in [3.8, 4) is 16.9 Å². The Morgan fingerprint density at radius 2 is 1.20 bits per heavy atom. The van der Waals surface area contributed by atoms with E-state index in [1.807, 2.05) is 91.0 Å². The molecule has 0 spiro atoms. The number of benzene rings is 5. The average molecular weight is 551 g/mol. The van der Waals surface area contributed by atoms with E-state index in [0.29, 0.717) is 11.2 Å². The lowest BCUT2D eigenvalue weighted by molar-refractivity contribution is 0.589. The Morgan fingerprint density at radius 1 is 0.585 bits per heavy atom. The van der Waals surface area contributed by atoms with Gasteiger partial charge >= 0.3 is 0 Å². The van der Waals surface area contributed by atoms with E-state index in [1.54, 1.807) is 24.3 Å². The summed E-state index contributed by atoms with van der Waals surface area (Å²) in [6.07, 6.45) is 0. The third kappa shape index (κ3) is 4.19. The van der Waals surface area contributed by atoms with Crippen molar-refractivity contribution in [2.45, 2.75) is 4.90 Å². The number of aromatic nitrogens is 2. The zero-order valence-corrected chi connectivity index (χ0v) is 23.0. The molecule has 0 bridgehead atoms. The second-order valence-electron chi connectivity index (χ2n) is 9.99. The van der Waals surface area contributed by atoms with Gasteiger partial charge in [-0.25, -0.2) is 12.4 Å². The summed E-state index contributed by atoms with van der Waals surface area (Å²) in [5.41, 5.74) is 6.92. The molecule has 41 heavy (non-hydrogen) atoms. The summed E-state index contributed by atoms with van der Waals surface area (Å²) in [5, 5.41) is 1.98. The standard InChI is InChI=1S/C36H26N2O2S/c1-26(35-24-29-13-8-10-21-33(29)37(35)31-17-4-2-5-18-31)27-15-12-16-28(23-27)36-25-30-14-9-11-22-34(30)38(36)41(39,40)32-19-6-3-7-20-32/h2-25H,1H2. The maximum absolute atomic E-state index is 14.0. The topological polar surface area (TPSA) is 44.0 Å². The van der Waals surface area contributed by atoms with Gasteiger partial charge in [-0.3, -0.25) is 0 Å². The Hall–Kier alpha value is -5.13. The van der Waals surface area contributed by atoms with Crippen molar-refractivity contribution in [3.05, 3.63) is 163 Å². The highest BCUT2D eigenvalue weighted by molar-refractivity contribution is 7.90. The Morgan fingerprint density at radius 3 is 1.93 bits per heavy atom. The molecule has 5 heteroatoms. The minimum Gasteiger partial charge on any atom is -0.309 e. The fraction of sp³-hybridized carbons (Fsp3) is 0. The van der Waals surface area contributed by atoms with Gasteiger partial charge in [0.2, 0.25) is 0 Å². The quantitative estimate of drug-likeness (QED) is 0.208. The van der Waals surface area contributed by atoms with Gasteiger partial charge in [-0.15, -0.1) is 0 Å². The first-order valence-electron chi connectivity index (χ1n) is 13.4. The van der Waals surface area contributed by atoms with Crippen molar-refractivity contribution < 1.29 is 8.42 Å². The van der Waals surface area contributed by atoms with Gasteiger partial charge in [-0.1, -0.05) is 97.6 Å². The van der Waals surface area contributed by atoms with Crippen molar-refractivity contribution in [1.82, 2.24) is 8.54 Å². The minimum absolute atomic E-state index is 0.246. The lowest BCUT2D eigenvalue weighted by Crippen LogP contribution is -2.14. The molecular formula is C36H26N2O2S. The van der Waals surface area contributed by atoms with Crippen LogP contribution in [0.4, 0.5) is 0 Å². The number of para-hydroxylation sites is 3. The highest BCUT2D eigenvalue weighted by Crippen LogP contribution is 2.36. The van der Waals surface area contributed by atoms with Gasteiger partial charge in [0.15, 0.2) is 0 Å². The van der Waals surface area contributed by atoms with E-state index in [1.165, 1.54) is 3.97 Å². The predicted octanol–water partition coefficient (Wildman–Crippen LogP) is 8.55. The number of hydrogen-bond donors (Lipinski definition) is 0. The maximum Gasteiger partial charge on any atom is 0.268 e. The molecule has 0 saturated carbocycles. The van der Waals surface area contributed by atoms with E-state index < -0.39 is 10.0 Å². The van der Waals surface area contributed by atoms with E-state index in [2.05, 4.69) is 41.5 Å². The van der Waals surface area contributed by atoms with Crippen LogP contribution < -0.4 is 0 Å². The fourth-order valence-electron chi connectivity index (χ4n) is 5.53. The molecule has 0 fully saturated rings. The van der Waals surface area contributed by atoms with Crippen LogP contribution in [0, 0.1) is 0 Å². The van der Waals surface area contributed by atoms with Crippen molar-refractivity contribution in [1.29, 1.82) is 0 Å². The predicted molar refractivity (Wildman–Crippen MR) is 168 cm³/mol.